The first kappa shape index (κ1) is 14.9. The van der Waals surface area contributed by atoms with Crippen molar-refractivity contribution in [2.24, 2.45) is 0 Å². The van der Waals surface area contributed by atoms with Gasteiger partial charge in [-0.2, -0.15) is 0 Å². The van der Waals surface area contributed by atoms with E-state index in [0.29, 0.717) is 28.4 Å². The normalized spacial score (nSPS) is 15.9. The molecule has 0 aromatic heterocycles. The lowest BCUT2D eigenvalue weighted by molar-refractivity contribution is -0.434. The third-order valence-corrected chi connectivity index (χ3v) is 3.67. The van der Waals surface area contributed by atoms with Crippen LogP contribution in [0, 0.1) is 10.1 Å². The molecule has 1 atom stereocenters. The van der Waals surface area contributed by atoms with E-state index in [9.17, 15) is 10.1 Å². The number of nitrogens with zero attached hydrogens (tertiary/aromatic N) is 1. The van der Waals surface area contributed by atoms with E-state index in [0.717, 1.165) is 0 Å². The lowest BCUT2D eigenvalue weighted by Gasteiger charge is -2.23. The molecule has 0 saturated heterocycles. The molecule has 0 radical (unpaired) electrons. The largest absolute Gasteiger partial charge is 0.497 e. The number of benzene rings is 2. The number of hydrogen-bond acceptors (Lipinski definition) is 5. The van der Waals surface area contributed by atoms with Gasteiger partial charge in [0.05, 0.1) is 19.1 Å². The first-order valence-electron chi connectivity index (χ1n) is 6.97. The Morgan fingerprint density at radius 2 is 1.70 bits per heavy atom. The molecule has 2 aromatic carbocycles. The van der Waals surface area contributed by atoms with Crippen LogP contribution in [-0.4, -0.2) is 19.1 Å². The summed E-state index contributed by atoms with van der Waals surface area (Å²) < 4.78 is 16.2. The summed E-state index contributed by atoms with van der Waals surface area (Å²) in [6.45, 7) is 0. The Bertz CT molecular complexity index is 767. The third kappa shape index (κ3) is 2.83. The molecule has 0 bridgehead atoms. The molecule has 6 nitrogen and oxygen atoms in total. The fourth-order valence-corrected chi connectivity index (χ4v) is 2.45. The zero-order valence-corrected chi connectivity index (χ0v) is 12.7. The number of methoxy groups -OCH3 is 2. The number of hydrogen-bond donors (Lipinski definition) is 0. The van der Waals surface area contributed by atoms with Crippen LogP contribution in [0.2, 0.25) is 0 Å². The molecule has 0 fully saturated rings. The van der Waals surface area contributed by atoms with Gasteiger partial charge in [-0.15, -0.1) is 0 Å². The van der Waals surface area contributed by atoms with Crippen molar-refractivity contribution in [1.82, 2.24) is 0 Å². The highest BCUT2D eigenvalue weighted by Gasteiger charge is 2.33. The maximum atomic E-state index is 11.4. The summed E-state index contributed by atoms with van der Waals surface area (Å²) in [4.78, 5) is 11.0. The Hall–Kier alpha value is -3.02. The summed E-state index contributed by atoms with van der Waals surface area (Å²) in [7, 11) is 3.13. The molecule has 1 aliphatic rings. The molecule has 0 amide bonds. The smallest absolute Gasteiger partial charge is 0.291 e. The molecule has 1 heterocycles. The molecule has 23 heavy (non-hydrogen) atoms. The Balaban J connectivity index is 2.03. The van der Waals surface area contributed by atoms with E-state index in [2.05, 4.69) is 0 Å². The van der Waals surface area contributed by atoms with Crippen LogP contribution in [0.25, 0.3) is 6.08 Å². The molecule has 0 spiro atoms. The second kappa shape index (κ2) is 6.00. The van der Waals surface area contributed by atoms with Gasteiger partial charge < -0.3 is 14.2 Å². The molecule has 2 aromatic rings. The summed E-state index contributed by atoms with van der Waals surface area (Å²) in [5.74, 6) is 1.87. The van der Waals surface area contributed by atoms with Gasteiger partial charge in [0.2, 0.25) is 6.10 Å². The number of fused-ring (bicyclic) bond motifs is 1. The molecule has 0 N–H and O–H groups in total. The zero-order valence-electron chi connectivity index (χ0n) is 12.7. The van der Waals surface area contributed by atoms with Gasteiger partial charge in [0, 0.05) is 23.3 Å². The van der Waals surface area contributed by atoms with E-state index >= 15 is 0 Å². The van der Waals surface area contributed by atoms with Crippen LogP contribution in [0.1, 0.15) is 17.2 Å². The standard InChI is InChI=1S/C17H15NO5/c1-21-13-6-3-11(4-7-13)17-15(18(19)20)9-12-5-8-14(22-2)10-16(12)23-17/h3-10,17H,1-2H3. The topological polar surface area (TPSA) is 70.8 Å². The van der Waals surface area contributed by atoms with Crippen molar-refractivity contribution >= 4 is 6.08 Å². The predicted molar refractivity (Wildman–Crippen MR) is 84.3 cm³/mol. The monoisotopic (exact) mass is 313 g/mol. The number of ether oxygens (including phenoxy) is 3. The Labute approximate surface area is 133 Å². The molecular formula is C17H15NO5. The number of nitro groups is 1. The molecule has 6 heteroatoms. The molecule has 0 aliphatic carbocycles. The summed E-state index contributed by atoms with van der Waals surface area (Å²) in [6.07, 6.45) is 0.753. The third-order valence-electron chi connectivity index (χ3n) is 3.67. The number of rotatable bonds is 4. The van der Waals surface area contributed by atoms with Crippen LogP contribution >= 0.6 is 0 Å². The van der Waals surface area contributed by atoms with E-state index in [-0.39, 0.29) is 5.70 Å². The fourth-order valence-electron chi connectivity index (χ4n) is 2.45. The predicted octanol–water partition coefficient (Wildman–Crippen LogP) is 3.46. The van der Waals surface area contributed by atoms with Gasteiger partial charge in [0.1, 0.15) is 17.2 Å². The van der Waals surface area contributed by atoms with Gasteiger partial charge in [-0.3, -0.25) is 10.1 Å². The lowest BCUT2D eigenvalue weighted by atomic mass is 10.0. The average molecular weight is 313 g/mol. The van der Waals surface area contributed by atoms with Crippen LogP contribution < -0.4 is 14.2 Å². The van der Waals surface area contributed by atoms with Gasteiger partial charge in [-0.1, -0.05) is 12.1 Å². The highest BCUT2D eigenvalue weighted by Crippen LogP contribution is 2.39. The maximum Gasteiger partial charge on any atom is 0.291 e. The first-order valence-corrected chi connectivity index (χ1v) is 6.97. The Morgan fingerprint density at radius 3 is 2.30 bits per heavy atom. The first-order chi connectivity index (χ1) is 11.1. The van der Waals surface area contributed by atoms with Gasteiger partial charge >= 0.3 is 0 Å². The van der Waals surface area contributed by atoms with Crippen molar-refractivity contribution in [3.8, 4) is 17.2 Å². The molecule has 118 valence electrons. The van der Waals surface area contributed by atoms with Crippen molar-refractivity contribution in [3.05, 3.63) is 69.4 Å². The second-order valence-corrected chi connectivity index (χ2v) is 5.00. The second-order valence-electron chi connectivity index (χ2n) is 5.00. The van der Waals surface area contributed by atoms with E-state index in [1.807, 2.05) is 0 Å². The molecule has 0 saturated carbocycles. The maximum absolute atomic E-state index is 11.4. The molecule has 3 rings (SSSR count). The molecule has 1 unspecified atom stereocenters. The van der Waals surface area contributed by atoms with Gasteiger partial charge in [0.25, 0.3) is 5.70 Å². The van der Waals surface area contributed by atoms with Gasteiger partial charge in [-0.25, -0.2) is 0 Å². The highest BCUT2D eigenvalue weighted by molar-refractivity contribution is 5.64. The van der Waals surface area contributed by atoms with Crippen molar-refractivity contribution in [1.29, 1.82) is 0 Å². The van der Waals surface area contributed by atoms with Crippen molar-refractivity contribution in [3.63, 3.8) is 0 Å². The van der Waals surface area contributed by atoms with Gasteiger partial charge in [-0.05, 0) is 24.3 Å². The lowest BCUT2D eigenvalue weighted by Crippen LogP contribution is -2.19. The van der Waals surface area contributed by atoms with Crippen molar-refractivity contribution in [2.75, 3.05) is 14.2 Å². The van der Waals surface area contributed by atoms with Crippen LogP contribution in [-0.2, 0) is 0 Å². The molecule has 1 aliphatic heterocycles. The summed E-state index contributed by atoms with van der Waals surface area (Å²) in [5.41, 5.74) is 1.33. The van der Waals surface area contributed by atoms with Crippen molar-refractivity contribution in [2.45, 2.75) is 6.10 Å². The van der Waals surface area contributed by atoms with Crippen LogP contribution in [0.3, 0.4) is 0 Å². The average Bonchev–Trinajstić information content (AvgIpc) is 2.60. The zero-order chi connectivity index (χ0) is 16.4. The van der Waals surface area contributed by atoms with Gasteiger partial charge in [0.15, 0.2) is 0 Å². The minimum Gasteiger partial charge on any atom is -0.497 e. The minimum atomic E-state index is -0.782. The summed E-state index contributed by atoms with van der Waals surface area (Å²) in [5, 5.41) is 11.4. The van der Waals surface area contributed by atoms with E-state index < -0.39 is 11.0 Å². The summed E-state index contributed by atoms with van der Waals surface area (Å²) in [6, 6.07) is 12.2. The highest BCUT2D eigenvalue weighted by atomic mass is 16.6. The minimum absolute atomic E-state index is 0.00664. The fraction of sp³-hybridized carbons (Fsp3) is 0.176. The van der Waals surface area contributed by atoms with Crippen LogP contribution in [0.4, 0.5) is 0 Å². The van der Waals surface area contributed by atoms with E-state index in [1.54, 1.807) is 56.7 Å². The van der Waals surface area contributed by atoms with Crippen molar-refractivity contribution < 1.29 is 19.1 Å². The molecular weight excluding hydrogens is 298 g/mol. The Kier molecular flexibility index (Phi) is 3.89. The quantitative estimate of drug-likeness (QED) is 0.638. The van der Waals surface area contributed by atoms with E-state index in [4.69, 9.17) is 14.2 Å². The van der Waals surface area contributed by atoms with E-state index in [1.165, 1.54) is 6.08 Å². The van der Waals surface area contributed by atoms with Crippen LogP contribution in [0.15, 0.2) is 48.2 Å². The Morgan fingerprint density at radius 1 is 1.04 bits per heavy atom. The summed E-state index contributed by atoms with van der Waals surface area (Å²) >= 11 is 0. The SMILES string of the molecule is COc1ccc(C2Oc3cc(OC)ccc3C=C2[N+](=O)[O-])cc1. The van der Waals surface area contributed by atoms with Crippen LogP contribution in [0.5, 0.6) is 17.2 Å².